The number of carboxylic acids is 1. The number of aromatic nitrogens is 4. The number of carbonyl (C=O) groups is 1. The second kappa shape index (κ2) is 5.58. The molecule has 0 saturated carbocycles. The zero-order chi connectivity index (χ0) is 14.7. The summed E-state index contributed by atoms with van der Waals surface area (Å²) < 4.78 is 1.72. The number of hydrogen-bond acceptors (Lipinski definition) is 5. The molecule has 0 aliphatic carbocycles. The molecule has 21 heavy (non-hydrogen) atoms. The van der Waals surface area contributed by atoms with Crippen molar-refractivity contribution in [3.63, 3.8) is 0 Å². The second-order valence-corrected chi connectivity index (χ2v) is 4.52. The van der Waals surface area contributed by atoms with Crippen LogP contribution in [0.5, 0.6) is 0 Å². The van der Waals surface area contributed by atoms with Gasteiger partial charge in [0.2, 0.25) is 5.65 Å². The van der Waals surface area contributed by atoms with Crippen LogP contribution in [0.3, 0.4) is 0 Å². The van der Waals surface area contributed by atoms with Gasteiger partial charge in [-0.2, -0.15) is 0 Å². The molecule has 0 spiro atoms. The topological polar surface area (TPSA) is 92.4 Å². The van der Waals surface area contributed by atoms with E-state index < -0.39 is 11.9 Å². The Labute approximate surface area is 120 Å². The van der Waals surface area contributed by atoms with Crippen LogP contribution in [-0.4, -0.2) is 37.2 Å². The minimum Gasteiger partial charge on any atom is -0.481 e. The van der Waals surface area contributed by atoms with Gasteiger partial charge < -0.3 is 10.4 Å². The normalized spacial score (nSPS) is 12.2. The summed E-state index contributed by atoms with van der Waals surface area (Å²) in [5, 5.41) is 20.2. The molecule has 7 nitrogen and oxygen atoms in total. The van der Waals surface area contributed by atoms with Crippen molar-refractivity contribution >= 4 is 17.4 Å². The Kier molecular flexibility index (Phi) is 3.46. The summed E-state index contributed by atoms with van der Waals surface area (Å²) in [5.41, 5.74) is 1.31. The van der Waals surface area contributed by atoms with E-state index in [0.29, 0.717) is 11.5 Å². The average molecular weight is 283 g/mol. The van der Waals surface area contributed by atoms with Crippen LogP contribution in [-0.2, 0) is 4.79 Å². The van der Waals surface area contributed by atoms with Gasteiger partial charge in [0.15, 0.2) is 5.82 Å². The van der Waals surface area contributed by atoms with Gasteiger partial charge in [-0.1, -0.05) is 30.3 Å². The quantitative estimate of drug-likeness (QED) is 0.735. The zero-order valence-corrected chi connectivity index (χ0v) is 11.0. The van der Waals surface area contributed by atoms with Gasteiger partial charge >= 0.3 is 5.97 Å². The molecule has 1 aromatic carbocycles. The fourth-order valence-corrected chi connectivity index (χ4v) is 2.12. The van der Waals surface area contributed by atoms with Crippen LogP contribution in [0.25, 0.3) is 5.65 Å². The summed E-state index contributed by atoms with van der Waals surface area (Å²) >= 11 is 0. The molecular weight excluding hydrogens is 270 g/mol. The fraction of sp³-hybridized carbons (Fsp3) is 0.143. The van der Waals surface area contributed by atoms with E-state index in [-0.39, 0.29) is 6.54 Å². The molecule has 0 bridgehead atoms. The van der Waals surface area contributed by atoms with E-state index >= 15 is 0 Å². The van der Waals surface area contributed by atoms with Crippen LogP contribution in [0.1, 0.15) is 11.5 Å². The van der Waals surface area contributed by atoms with E-state index in [9.17, 15) is 9.90 Å². The van der Waals surface area contributed by atoms with E-state index in [0.717, 1.165) is 5.56 Å². The van der Waals surface area contributed by atoms with Gasteiger partial charge in [-0.3, -0.25) is 9.20 Å². The molecule has 7 heteroatoms. The molecule has 1 unspecified atom stereocenters. The molecule has 0 saturated heterocycles. The number of hydrogen-bond donors (Lipinski definition) is 2. The maximum Gasteiger partial charge on any atom is 0.312 e. The standard InChI is InChI=1S/C14H13N5O2/c20-14(21)11(10-4-2-1-3-5-10)8-16-12-13-18-17-9-19(13)7-6-15-12/h1-7,9,11H,8H2,(H,15,16)(H,20,21). The first-order chi connectivity index (χ1) is 10.3. The number of anilines is 1. The molecule has 2 heterocycles. The lowest BCUT2D eigenvalue weighted by Crippen LogP contribution is -2.21. The van der Waals surface area contributed by atoms with Crippen molar-refractivity contribution in [2.75, 3.05) is 11.9 Å². The van der Waals surface area contributed by atoms with Crippen molar-refractivity contribution in [2.24, 2.45) is 0 Å². The number of nitrogens with zero attached hydrogens (tertiary/aromatic N) is 4. The largest absolute Gasteiger partial charge is 0.481 e. The Morgan fingerprint density at radius 1 is 1.33 bits per heavy atom. The number of nitrogens with one attached hydrogen (secondary N) is 1. The minimum atomic E-state index is -0.887. The summed E-state index contributed by atoms with van der Waals surface area (Å²) in [6.45, 7) is 0.221. The molecular formula is C14H13N5O2. The van der Waals surface area contributed by atoms with Crippen molar-refractivity contribution < 1.29 is 9.90 Å². The van der Waals surface area contributed by atoms with Gasteiger partial charge in [-0.15, -0.1) is 10.2 Å². The monoisotopic (exact) mass is 283 g/mol. The van der Waals surface area contributed by atoms with E-state index in [1.54, 1.807) is 35.3 Å². The molecule has 1 atom stereocenters. The van der Waals surface area contributed by atoms with Gasteiger partial charge in [-0.05, 0) is 5.56 Å². The van der Waals surface area contributed by atoms with Gasteiger partial charge in [0.25, 0.3) is 0 Å². The summed E-state index contributed by atoms with van der Waals surface area (Å²) in [6, 6.07) is 9.09. The highest BCUT2D eigenvalue weighted by molar-refractivity contribution is 5.77. The van der Waals surface area contributed by atoms with Crippen molar-refractivity contribution in [1.29, 1.82) is 0 Å². The predicted molar refractivity (Wildman–Crippen MR) is 76.1 cm³/mol. The molecule has 0 aliphatic rings. The number of fused-ring (bicyclic) bond motifs is 1. The third-order valence-corrected chi connectivity index (χ3v) is 3.19. The predicted octanol–water partition coefficient (Wildman–Crippen LogP) is 1.40. The summed E-state index contributed by atoms with van der Waals surface area (Å²) in [6.07, 6.45) is 4.90. The smallest absolute Gasteiger partial charge is 0.312 e. The van der Waals surface area contributed by atoms with Crippen LogP contribution in [0.4, 0.5) is 5.82 Å². The molecule has 3 rings (SSSR count). The minimum absolute atomic E-state index is 0.221. The molecule has 0 fully saturated rings. The van der Waals surface area contributed by atoms with E-state index in [1.807, 2.05) is 18.2 Å². The molecule has 106 valence electrons. The summed E-state index contributed by atoms with van der Waals surface area (Å²) in [5.74, 6) is -1.03. The third kappa shape index (κ3) is 2.66. The number of aliphatic carboxylic acids is 1. The lowest BCUT2D eigenvalue weighted by molar-refractivity contribution is -0.138. The lowest BCUT2D eigenvalue weighted by Gasteiger charge is -2.14. The van der Waals surface area contributed by atoms with E-state index in [4.69, 9.17) is 0 Å². The van der Waals surface area contributed by atoms with E-state index in [1.165, 1.54) is 0 Å². The van der Waals surface area contributed by atoms with Crippen LogP contribution >= 0.6 is 0 Å². The molecule has 0 aliphatic heterocycles. The van der Waals surface area contributed by atoms with Gasteiger partial charge in [0.05, 0.1) is 5.92 Å². The highest BCUT2D eigenvalue weighted by Crippen LogP contribution is 2.18. The van der Waals surface area contributed by atoms with Crippen LogP contribution in [0, 0.1) is 0 Å². The second-order valence-electron chi connectivity index (χ2n) is 4.52. The Bertz CT molecular complexity index is 756. The van der Waals surface area contributed by atoms with Crippen LogP contribution in [0.15, 0.2) is 49.1 Å². The molecule has 2 N–H and O–H groups in total. The number of benzene rings is 1. The molecule has 3 aromatic rings. The Morgan fingerprint density at radius 2 is 2.14 bits per heavy atom. The number of rotatable bonds is 5. The first-order valence-electron chi connectivity index (χ1n) is 6.41. The summed E-state index contributed by atoms with van der Waals surface area (Å²) in [7, 11) is 0. The highest BCUT2D eigenvalue weighted by atomic mass is 16.4. The first kappa shape index (κ1) is 13.0. The SMILES string of the molecule is O=C(O)C(CNc1nccn2cnnc12)c1ccccc1. The maximum atomic E-state index is 11.4. The van der Waals surface area contributed by atoms with Gasteiger partial charge in [-0.25, -0.2) is 4.98 Å². The highest BCUT2D eigenvalue weighted by Gasteiger charge is 2.20. The van der Waals surface area contributed by atoms with Crippen molar-refractivity contribution in [3.8, 4) is 0 Å². The molecule has 0 radical (unpaired) electrons. The Hall–Kier alpha value is -2.96. The van der Waals surface area contributed by atoms with Crippen molar-refractivity contribution in [3.05, 3.63) is 54.6 Å². The van der Waals surface area contributed by atoms with Crippen LogP contribution < -0.4 is 5.32 Å². The fourth-order valence-electron chi connectivity index (χ4n) is 2.12. The van der Waals surface area contributed by atoms with Crippen molar-refractivity contribution in [1.82, 2.24) is 19.6 Å². The summed E-state index contributed by atoms with van der Waals surface area (Å²) in [4.78, 5) is 15.6. The van der Waals surface area contributed by atoms with E-state index in [2.05, 4.69) is 20.5 Å². The first-order valence-corrected chi connectivity index (χ1v) is 6.41. The zero-order valence-electron chi connectivity index (χ0n) is 11.0. The molecule has 2 aromatic heterocycles. The molecule has 0 amide bonds. The Morgan fingerprint density at radius 3 is 2.90 bits per heavy atom. The number of carboxylic acid groups (broad SMARTS) is 1. The Balaban J connectivity index is 1.82. The third-order valence-electron chi connectivity index (χ3n) is 3.19. The van der Waals surface area contributed by atoms with Crippen LogP contribution in [0.2, 0.25) is 0 Å². The van der Waals surface area contributed by atoms with Crippen molar-refractivity contribution in [2.45, 2.75) is 5.92 Å². The maximum absolute atomic E-state index is 11.4. The average Bonchev–Trinajstić information content (AvgIpc) is 2.97. The lowest BCUT2D eigenvalue weighted by atomic mass is 9.99. The van der Waals surface area contributed by atoms with Gasteiger partial charge in [0.1, 0.15) is 6.33 Å². The van der Waals surface area contributed by atoms with Gasteiger partial charge in [0, 0.05) is 18.9 Å².